The SMILES string of the molecule is Cc1nc2c3[nH]n(-c4ccccc4)c(=O)c3cnc2n1CCO. The predicted octanol–water partition coefficient (Wildman–Crippen LogP) is 1.36. The van der Waals surface area contributed by atoms with Crippen molar-refractivity contribution in [3.63, 3.8) is 0 Å². The third-order valence-electron chi connectivity index (χ3n) is 3.95. The van der Waals surface area contributed by atoms with Crippen LogP contribution in [0.3, 0.4) is 0 Å². The molecule has 4 aromatic rings. The summed E-state index contributed by atoms with van der Waals surface area (Å²) in [5, 5.41) is 12.8. The maximum atomic E-state index is 12.6. The summed E-state index contributed by atoms with van der Waals surface area (Å²) in [5.74, 6) is 0.752. The Kier molecular flexibility index (Phi) is 3.02. The number of hydrogen-bond acceptors (Lipinski definition) is 4. The minimum absolute atomic E-state index is 0.00750. The largest absolute Gasteiger partial charge is 0.395 e. The Morgan fingerprint density at radius 2 is 2.04 bits per heavy atom. The van der Waals surface area contributed by atoms with Crippen LogP contribution in [0.5, 0.6) is 0 Å². The van der Waals surface area contributed by atoms with Crippen LogP contribution in [0.4, 0.5) is 0 Å². The Hall–Kier alpha value is -2.93. The zero-order chi connectivity index (χ0) is 16.0. The number of H-pyrrole nitrogens is 1. The highest BCUT2D eigenvalue weighted by Gasteiger charge is 2.16. The Labute approximate surface area is 130 Å². The van der Waals surface area contributed by atoms with E-state index >= 15 is 0 Å². The number of aliphatic hydroxyl groups excluding tert-OH is 1. The number of benzene rings is 1. The van der Waals surface area contributed by atoms with Crippen molar-refractivity contribution >= 4 is 22.1 Å². The van der Waals surface area contributed by atoms with Crippen molar-refractivity contribution in [1.82, 2.24) is 24.3 Å². The Morgan fingerprint density at radius 1 is 1.26 bits per heavy atom. The monoisotopic (exact) mass is 309 g/mol. The minimum atomic E-state index is -0.157. The molecule has 0 atom stereocenters. The van der Waals surface area contributed by atoms with Crippen molar-refractivity contribution in [1.29, 1.82) is 0 Å². The van der Waals surface area contributed by atoms with Crippen molar-refractivity contribution < 1.29 is 5.11 Å². The van der Waals surface area contributed by atoms with Crippen LogP contribution in [0.1, 0.15) is 5.82 Å². The summed E-state index contributed by atoms with van der Waals surface area (Å²) in [6.45, 7) is 2.29. The normalized spacial score (nSPS) is 11.6. The number of aryl methyl sites for hydroxylation is 1. The minimum Gasteiger partial charge on any atom is -0.395 e. The van der Waals surface area contributed by atoms with E-state index in [2.05, 4.69) is 15.1 Å². The maximum absolute atomic E-state index is 12.6. The first-order valence-corrected chi connectivity index (χ1v) is 7.33. The molecule has 2 N–H and O–H groups in total. The average Bonchev–Trinajstić information content (AvgIpc) is 3.07. The van der Waals surface area contributed by atoms with E-state index in [9.17, 15) is 9.90 Å². The summed E-state index contributed by atoms with van der Waals surface area (Å²) in [5.41, 5.74) is 2.55. The molecule has 0 saturated carbocycles. The molecule has 0 unspecified atom stereocenters. The lowest BCUT2D eigenvalue weighted by molar-refractivity contribution is 0.276. The van der Waals surface area contributed by atoms with Gasteiger partial charge in [-0.3, -0.25) is 9.89 Å². The van der Waals surface area contributed by atoms with Crippen molar-refractivity contribution in [3.05, 3.63) is 52.7 Å². The fourth-order valence-electron chi connectivity index (χ4n) is 2.85. The van der Waals surface area contributed by atoms with Gasteiger partial charge >= 0.3 is 0 Å². The van der Waals surface area contributed by atoms with Crippen LogP contribution in [0.25, 0.3) is 27.8 Å². The number of aliphatic hydroxyl groups is 1. The van der Waals surface area contributed by atoms with Crippen LogP contribution in [0.15, 0.2) is 41.3 Å². The van der Waals surface area contributed by atoms with Gasteiger partial charge in [0.1, 0.15) is 11.3 Å². The van der Waals surface area contributed by atoms with Gasteiger partial charge in [0, 0.05) is 12.7 Å². The lowest BCUT2D eigenvalue weighted by atomic mass is 10.3. The second kappa shape index (κ2) is 5.06. The maximum Gasteiger partial charge on any atom is 0.280 e. The first-order chi connectivity index (χ1) is 11.2. The van der Waals surface area contributed by atoms with Gasteiger partial charge in [0.2, 0.25) is 0 Å². The third kappa shape index (κ3) is 1.97. The van der Waals surface area contributed by atoms with E-state index < -0.39 is 0 Å². The molecule has 3 heterocycles. The molecule has 0 spiro atoms. The van der Waals surface area contributed by atoms with E-state index in [0.29, 0.717) is 28.6 Å². The average molecular weight is 309 g/mol. The molecule has 0 aliphatic rings. The molecule has 7 nitrogen and oxygen atoms in total. The highest BCUT2D eigenvalue weighted by atomic mass is 16.3. The molecule has 0 radical (unpaired) electrons. The van der Waals surface area contributed by atoms with Gasteiger partial charge in [-0.15, -0.1) is 0 Å². The lowest BCUT2D eigenvalue weighted by Crippen LogP contribution is -2.13. The number of aromatic nitrogens is 5. The van der Waals surface area contributed by atoms with Gasteiger partial charge in [0.05, 0.1) is 23.2 Å². The number of para-hydroxylation sites is 1. The number of fused-ring (bicyclic) bond motifs is 3. The fraction of sp³-hybridized carbons (Fsp3) is 0.188. The molecule has 116 valence electrons. The molecule has 7 heteroatoms. The van der Waals surface area contributed by atoms with Gasteiger partial charge in [0.25, 0.3) is 5.56 Å². The molecule has 23 heavy (non-hydrogen) atoms. The number of imidazole rings is 1. The summed E-state index contributed by atoms with van der Waals surface area (Å²) in [7, 11) is 0. The molecule has 0 bridgehead atoms. The van der Waals surface area contributed by atoms with Gasteiger partial charge in [0.15, 0.2) is 5.65 Å². The smallest absolute Gasteiger partial charge is 0.280 e. The number of nitrogens with zero attached hydrogens (tertiary/aromatic N) is 4. The number of rotatable bonds is 3. The summed E-state index contributed by atoms with van der Waals surface area (Å²) in [6, 6.07) is 9.37. The van der Waals surface area contributed by atoms with Crippen molar-refractivity contribution in [3.8, 4) is 5.69 Å². The second-order valence-electron chi connectivity index (χ2n) is 5.34. The molecule has 0 aliphatic carbocycles. The highest BCUT2D eigenvalue weighted by molar-refractivity contribution is 5.99. The van der Waals surface area contributed by atoms with Gasteiger partial charge in [-0.2, -0.15) is 0 Å². The van der Waals surface area contributed by atoms with Gasteiger partial charge in [-0.1, -0.05) is 18.2 Å². The van der Waals surface area contributed by atoms with Crippen LogP contribution >= 0.6 is 0 Å². The van der Waals surface area contributed by atoms with E-state index in [1.165, 1.54) is 4.68 Å². The fourth-order valence-corrected chi connectivity index (χ4v) is 2.85. The van der Waals surface area contributed by atoms with E-state index in [1.807, 2.05) is 41.8 Å². The van der Waals surface area contributed by atoms with Gasteiger partial charge < -0.3 is 9.67 Å². The molecule has 0 aliphatic heterocycles. The van der Waals surface area contributed by atoms with Crippen LogP contribution < -0.4 is 5.56 Å². The zero-order valence-electron chi connectivity index (χ0n) is 12.5. The number of hydrogen-bond donors (Lipinski definition) is 2. The Balaban J connectivity index is 2.04. The standard InChI is InChI=1S/C16H15N5O2/c1-10-18-14-13-12(9-17-15(14)20(10)7-8-22)16(23)21(19-13)11-5-3-2-4-6-11/h2-6,9,19,22H,7-8H2,1H3. The molecule has 0 saturated heterocycles. The van der Waals surface area contributed by atoms with E-state index in [1.54, 1.807) is 6.20 Å². The topological polar surface area (TPSA) is 88.7 Å². The van der Waals surface area contributed by atoms with Crippen molar-refractivity contribution in [2.45, 2.75) is 13.5 Å². The first kappa shape index (κ1) is 13.7. The summed E-state index contributed by atoms with van der Waals surface area (Å²) >= 11 is 0. The number of pyridine rings is 1. The molecular formula is C16H15N5O2. The molecule has 1 aromatic carbocycles. The van der Waals surface area contributed by atoms with Crippen molar-refractivity contribution in [2.75, 3.05) is 6.61 Å². The summed E-state index contributed by atoms with van der Waals surface area (Å²) in [6.07, 6.45) is 1.56. The Bertz CT molecular complexity index is 1060. The summed E-state index contributed by atoms with van der Waals surface area (Å²) in [4.78, 5) is 21.5. The lowest BCUT2D eigenvalue weighted by Gasteiger charge is -2.02. The molecular weight excluding hydrogens is 294 g/mol. The molecule has 4 rings (SSSR count). The first-order valence-electron chi connectivity index (χ1n) is 7.33. The summed E-state index contributed by atoms with van der Waals surface area (Å²) < 4.78 is 3.33. The van der Waals surface area contributed by atoms with Gasteiger partial charge in [-0.25, -0.2) is 14.6 Å². The van der Waals surface area contributed by atoms with Crippen LogP contribution in [0.2, 0.25) is 0 Å². The van der Waals surface area contributed by atoms with E-state index in [-0.39, 0.29) is 12.2 Å². The Morgan fingerprint density at radius 3 is 2.78 bits per heavy atom. The number of nitrogens with one attached hydrogen (secondary N) is 1. The van der Waals surface area contributed by atoms with Crippen LogP contribution in [0, 0.1) is 6.92 Å². The van der Waals surface area contributed by atoms with E-state index in [4.69, 9.17) is 0 Å². The van der Waals surface area contributed by atoms with Crippen molar-refractivity contribution in [2.24, 2.45) is 0 Å². The molecule has 0 fully saturated rings. The quantitative estimate of drug-likeness (QED) is 0.598. The van der Waals surface area contributed by atoms with Gasteiger partial charge in [-0.05, 0) is 19.1 Å². The highest BCUT2D eigenvalue weighted by Crippen LogP contribution is 2.21. The molecule has 0 amide bonds. The second-order valence-corrected chi connectivity index (χ2v) is 5.34. The number of aromatic amines is 1. The van der Waals surface area contributed by atoms with Crippen LogP contribution in [-0.2, 0) is 6.54 Å². The third-order valence-corrected chi connectivity index (χ3v) is 3.95. The van der Waals surface area contributed by atoms with Crippen LogP contribution in [-0.4, -0.2) is 36.0 Å². The van der Waals surface area contributed by atoms with E-state index in [0.717, 1.165) is 11.5 Å². The predicted molar refractivity (Wildman–Crippen MR) is 86.8 cm³/mol. The molecule has 3 aromatic heterocycles. The zero-order valence-corrected chi connectivity index (χ0v) is 12.5.